The normalized spacial score (nSPS) is 12.2. The molecule has 0 aliphatic heterocycles. The van der Waals surface area contributed by atoms with E-state index in [1.807, 2.05) is 24.4 Å². The molecule has 25 heavy (non-hydrogen) atoms. The van der Waals surface area contributed by atoms with Gasteiger partial charge in [0.2, 0.25) is 0 Å². The van der Waals surface area contributed by atoms with E-state index in [1.54, 1.807) is 22.7 Å². The molecule has 0 bridgehead atoms. The Morgan fingerprint density at radius 2 is 2.16 bits per heavy atom. The maximum atomic E-state index is 12.4. The number of rotatable bonds is 6. The number of thiazole rings is 1. The highest BCUT2D eigenvalue weighted by atomic mass is 32.1. The Bertz CT molecular complexity index is 936. The summed E-state index contributed by atoms with van der Waals surface area (Å²) in [6, 6.07) is 8.26. The summed E-state index contributed by atoms with van der Waals surface area (Å²) in [5.41, 5.74) is 3.56. The molecule has 0 unspecified atom stereocenters. The Morgan fingerprint density at radius 1 is 1.32 bits per heavy atom. The fraction of sp³-hybridized carbons (Fsp3) is 0.368. The number of thiophene rings is 1. The summed E-state index contributed by atoms with van der Waals surface area (Å²) in [6.45, 7) is 8.18. The zero-order valence-electron chi connectivity index (χ0n) is 14.7. The largest absolute Gasteiger partial charge is 0.380 e. The van der Waals surface area contributed by atoms with E-state index < -0.39 is 0 Å². The fourth-order valence-electron chi connectivity index (χ4n) is 2.82. The van der Waals surface area contributed by atoms with Crippen molar-refractivity contribution >= 4 is 38.8 Å². The number of amides is 1. The summed E-state index contributed by atoms with van der Waals surface area (Å²) in [6.07, 6.45) is 0.357. The third-order valence-electron chi connectivity index (χ3n) is 3.90. The first-order chi connectivity index (χ1) is 12.1. The molecule has 0 radical (unpaired) electrons. The molecule has 0 spiro atoms. The molecule has 0 saturated carbocycles. The number of hydrogen-bond donors (Lipinski definition) is 0. The molecule has 3 rings (SSSR count). The third kappa shape index (κ3) is 4.26. The number of fused-ring (bicyclic) bond motifs is 1. The van der Waals surface area contributed by atoms with Crippen molar-refractivity contribution < 1.29 is 9.53 Å². The van der Waals surface area contributed by atoms with E-state index in [4.69, 9.17) is 4.74 Å². The molecular formula is C19H22N2O2S2. The van der Waals surface area contributed by atoms with Crippen LogP contribution in [-0.4, -0.2) is 23.7 Å². The summed E-state index contributed by atoms with van der Waals surface area (Å²) in [5.74, 6) is -0.103. The fourth-order valence-corrected chi connectivity index (χ4v) is 4.64. The molecular weight excluding hydrogens is 352 g/mol. The van der Waals surface area contributed by atoms with Gasteiger partial charge in [0.1, 0.15) is 0 Å². The molecule has 4 nitrogen and oxygen atoms in total. The van der Waals surface area contributed by atoms with Crippen LogP contribution < -0.4 is 4.80 Å². The topological polar surface area (TPSA) is 43.6 Å². The number of benzene rings is 1. The van der Waals surface area contributed by atoms with E-state index in [0.717, 1.165) is 15.2 Å². The Hall–Kier alpha value is -1.76. The molecule has 132 valence electrons. The molecule has 1 amide bonds. The maximum Gasteiger partial charge on any atom is 0.253 e. The first-order valence-corrected chi connectivity index (χ1v) is 10.1. The second kappa shape index (κ2) is 8.08. The zero-order chi connectivity index (χ0) is 17.8. The minimum Gasteiger partial charge on any atom is -0.380 e. The molecule has 0 saturated heterocycles. The summed E-state index contributed by atoms with van der Waals surface area (Å²) in [4.78, 5) is 18.6. The van der Waals surface area contributed by atoms with Gasteiger partial charge in [0, 0.05) is 18.0 Å². The average Bonchev–Trinajstić information content (AvgIpc) is 3.17. The number of aromatic nitrogens is 1. The van der Waals surface area contributed by atoms with Crippen molar-refractivity contribution in [3.8, 4) is 0 Å². The van der Waals surface area contributed by atoms with Crippen molar-refractivity contribution in [2.45, 2.75) is 33.7 Å². The summed E-state index contributed by atoms with van der Waals surface area (Å²) < 4.78 is 8.82. The van der Waals surface area contributed by atoms with Crippen molar-refractivity contribution in [1.29, 1.82) is 0 Å². The number of ether oxygens (including phenoxy) is 1. The Kier molecular flexibility index (Phi) is 5.83. The lowest BCUT2D eigenvalue weighted by Gasteiger charge is -2.06. The van der Waals surface area contributed by atoms with Gasteiger partial charge in [-0.2, -0.15) is 4.99 Å². The monoisotopic (exact) mass is 374 g/mol. The second-order valence-electron chi connectivity index (χ2n) is 5.92. The first kappa shape index (κ1) is 18.0. The molecule has 0 atom stereocenters. The van der Waals surface area contributed by atoms with Gasteiger partial charge in [-0.3, -0.25) is 4.79 Å². The molecule has 2 aromatic heterocycles. The highest BCUT2D eigenvalue weighted by Gasteiger charge is 2.11. The van der Waals surface area contributed by atoms with Gasteiger partial charge in [-0.15, -0.1) is 11.3 Å². The van der Waals surface area contributed by atoms with E-state index in [2.05, 4.69) is 35.5 Å². The van der Waals surface area contributed by atoms with Crippen molar-refractivity contribution in [2.75, 3.05) is 13.2 Å². The van der Waals surface area contributed by atoms with Crippen LogP contribution >= 0.6 is 22.7 Å². The van der Waals surface area contributed by atoms with Gasteiger partial charge in [0.05, 0.1) is 23.2 Å². The molecule has 0 aliphatic rings. The zero-order valence-corrected chi connectivity index (χ0v) is 16.4. The van der Waals surface area contributed by atoms with Crippen LogP contribution in [0.2, 0.25) is 0 Å². The predicted octanol–water partition coefficient (Wildman–Crippen LogP) is 4.09. The average molecular weight is 375 g/mol. The van der Waals surface area contributed by atoms with E-state index >= 15 is 0 Å². The lowest BCUT2D eigenvalue weighted by Crippen LogP contribution is -2.20. The maximum absolute atomic E-state index is 12.4. The summed E-state index contributed by atoms with van der Waals surface area (Å²) in [5, 5.41) is 1.98. The quantitative estimate of drug-likeness (QED) is 0.610. The van der Waals surface area contributed by atoms with Crippen molar-refractivity contribution in [2.24, 2.45) is 4.99 Å². The highest BCUT2D eigenvalue weighted by molar-refractivity contribution is 7.16. The number of nitrogens with zero attached hydrogens (tertiary/aromatic N) is 2. The first-order valence-electron chi connectivity index (χ1n) is 8.36. The minimum atomic E-state index is -0.103. The molecule has 0 fully saturated rings. The van der Waals surface area contributed by atoms with Gasteiger partial charge < -0.3 is 9.30 Å². The second-order valence-corrected chi connectivity index (χ2v) is 7.93. The number of aryl methyl sites for hydroxylation is 2. The Balaban J connectivity index is 2.02. The van der Waals surface area contributed by atoms with Crippen LogP contribution in [0.3, 0.4) is 0 Å². The minimum absolute atomic E-state index is 0.103. The van der Waals surface area contributed by atoms with Gasteiger partial charge >= 0.3 is 0 Å². The van der Waals surface area contributed by atoms with Gasteiger partial charge in [0.25, 0.3) is 5.91 Å². The van der Waals surface area contributed by atoms with Crippen molar-refractivity contribution in [1.82, 2.24) is 4.57 Å². The smallest absolute Gasteiger partial charge is 0.253 e. The standard InChI is InChI=1S/C19H22N2O2S2/c1-4-23-8-7-21-16-11-13(2)10-14(3)18(16)25-19(21)20-17(22)12-15-6-5-9-24-15/h5-6,9-11H,4,7-8,12H2,1-3H3. The highest BCUT2D eigenvalue weighted by Crippen LogP contribution is 2.23. The molecule has 3 aromatic rings. The Morgan fingerprint density at radius 3 is 2.88 bits per heavy atom. The van der Waals surface area contributed by atoms with E-state index in [9.17, 15) is 4.79 Å². The van der Waals surface area contributed by atoms with Crippen LogP contribution in [0.25, 0.3) is 10.2 Å². The van der Waals surface area contributed by atoms with Crippen LogP contribution in [0.15, 0.2) is 34.6 Å². The molecule has 1 aromatic carbocycles. The molecule has 2 heterocycles. The van der Waals surface area contributed by atoms with Gasteiger partial charge in [-0.1, -0.05) is 23.5 Å². The Labute approximate surface area is 155 Å². The van der Waals surface area contributed by atoms with Crippen molar-refractivity contribution in [3.05, 3.63) is 50.5 Å². The van der Waals surface area contributed by atoms with Gasteiger partial charge in [-0.05, 0) is 49.4 Å². The van der Waals surface area contributed by atoms with E-state index in [-0.39, 0.29) is 5.91 Å². The van der Waals surface area contributed by atoms with Crippen molar-refractivity contribution in [3.63, 3.8) is 0 Å². The summed E-state index contributed by atoms with van der Waals surface area (Å²) >= 11 is 3.17. The van der Waals surface area contributed by atoms with Crippen LogP contribution in [0.1, 0.15) is 22.9 Å². The number of hydrogen-bond acceptors (Lipinski definition) is 4. The SMILES string of the molecule is CCOCCn1c(=NC(=O)Cc2cccs2)sc2c(C)cc(C)cc21. The summed E-state index contributed by atoms with van der Waals surface area (Å²) in [7, 11) is 0. The third-order valence-corrected chi connectivity index (χ3v) is 6.01. The lowest BCUT2D eigenvalue weighted by atomic mass is 10.1. The predicted molar refractivity (Wildman–Crippen MR) is 104 cm³/mol. The van der Waals surface area contributed by atoms with E-state index in [1.165, 1.54) is 15.8 Å². The van der Waals surface area contributed by atoms with Gasteiger partial charge in [-0.25, -0.2) is 0 Å². The number of carbonyl (C=O) groups excluding carboxylic acids is 1. The molecule has 6 heteroatoms. The van der Waals surface area contributed by atoms with Crippen LogP contribution in [0.4, 0.5) is 0 Å². The van der Waals surface area contributed by atoms with Crippen LogP contribution in [-0.2, 0) is 22.5 Å². The van der Waals surface area contributed by atoms with E-state index in [0.29, 0.717) is 26.2 Å². The molecule has 0 N–H and O–H groups in total. The number of carbonyl (C=O) groups is 1. The van der Waals surface area contributed by atoms with Crippen LogP contribution in [0, 0.1) is 13.8 Å². The van der Waals surface area contributed by atoms with Gasteiger partial charge in [0.15, 0.2) is 4.80 Å². The lowest BCUT2D eigenvalue weighted by molar-refractivity contribution is -0.117. The van der Waals surface area contributed by atoms with Crippen LogP contribution in [0.5, 0.6) is 0 Å². The molecule has 0 aliphatic carbocycles.